The second-order valence-corrected chi connectivity index (χ2v) is 7.99. The van der Waals surface area contributed by atoms with Gasteiger partial charge in [-0.05, 0) is 43.2 Å². The summed E-state index contributed by atoms with van der Waals surface area (Å²) in [5, 5.41) is 3.33. The number of para-hydroxylation sites is 1. The Balaban J connectivity index is 2.38. The molecule has 0 aliphatic heterocycles. The number of benzene rings is 2. The molecule has 1 N–H and O–H groups in total. The number of anilines is 2. The Morgan fingerprint density at radius 3 is 2.36 bits per heavy atom. The van der Waals surface area contributed by atoms with Crippen LogP contribution in [0.5, 0.6) is 0 Å². The van der Waals surface area contributed by atoms with Gasteiger partial charge in [-0.3, -0.25) is 9.10 Å². The average Bonchev–Trinajstić information content (AvgIpc) is 2.56. The van der Waals surface area contributed by atoms with Gasteiger partial charge >= 0.3 is 0 Å². The molecule has 0 aliphatic rings. The molecule has 0 saturated heterocycles. The molecule has 0 fully saturated rings. The maximum atomic E-state index is 12.8. The van der Waals surface area contributed by atoms with Crippen molar-refractivity contribution in [1.82, 2.24) is 0 Å². The molecule has 0 radical (unpaired) electrons. The zero-order valence-electron chi connectivity index (χ0n) is 14.4. The Labute approximate surface area is 153 Å². The second-order valence-electron chi connectivity index (χ2n) is 5.72. The summed E-state index contributed by atoms with van der Waals surface area (Å²) < 4.78 is 25.8. The van der Waals surface area contributed by atoms with Crippen LogP contribution in [-0.4, -0.2) is 26.6 Å². The molecule has 2 aromatic rings. The molecular formula is C18H21ClN2O3S. The van der Waals surface area contributed by atoms with E-state index in [1.807, 2.05) is 0 Å². The topological polar surface area (TPSA) is 66.5 Å². The molecule has 0 aromatic heterocycles. The molecule has 2 rings (SSSR count). The summed E-state index contributed by atoms with van der Waals surface area (Å²) in [6, 6.07) is 12.9. The molecule has 25 heavy (non-hydrogen) atoms. The molecule has 1 atom stereocenters. The largest absolute Gasteiger partial charge is 0.324 e. The minimum Gasteiger partial charge on any atom is -0.324 e. The fourth-order valence-electron chi connectivity index (χ4n) is 2.59. The summed E-state index contributed by atoms with van der Waals surface area (Å²) >= 11 is 6.08. The molecule has 2 aromatic carbocycles. The van der Waals surface area contributed by atoms with E-state index in [4.69, 9.17) is 11.6 Å². The maximum Gasteiger partial charge on any atom is 0.248 e. The minimum atomic E-state index is -3.64. The third kappa shape index (κ3) is 4.52. The van der Waals surface area contributed by atoms with Crippen molar-refractivity contribution in [3.8, 4) is 0 Å². The summed E-state index contributed by atoms with van der Waals surface area (Å²) in [6.45, 7) is 3.57. The van der Waals surface area contributed by atoms with E-state index in [-0.39, 0.29) is 0 Å². The Kier molecular flexibility index (Phi) is 6.08. The van der Waals surface area contributed by atoms with Crippen LogP contribution in [0.1, 0.15) is 18.9 Å². The van der Waals surface area contributed by atoms with Crippen molar-refractivity contribution in [3.05, 3.63) is 59.1 Å². The van der Waals surface area contributed by atoms with Gasteiger partial charge in [-0.15, -0.1) is 0 Å². The molecule has 0 heterocycles. The number of halogens is 1. The number of amides is 1. The summed E-state index contributed by atoms with van der Waals surface area (Å²) in [5.41, 5.74) is 1.75. The number of sulfonamides is 1. The van der Waals surface area contributed by atoms with E-state index < -0.39 is 22.0 Å². The van der Waals surface area contributed by atoms with E-state index >= 15 is 0 Å². The third-order valence-corrected chi connectivity index (χ3v) is 5.46. The van der Waals surface area contributed by atoms with Crippen LogP contribution in [0.25, 0.3) is 0 Å². The van der Waals surface area contributed by atoms with Crippen LogP contribution in [0.15, 0.2) is 48.5 Å². The van der Waals surface area contributed by atoms with E-state index in [2.05, 4.69) is 5.32 Å². The van der Waals surface area contributed by atoms with E-state index in [0.29, 0.717) is 22.8 Å². The van der Waals surface area contributed by atoms with Crippen molar-refractivity contribution in [2.75, 3.05) is 15.9 Å². The van der Waals surface area contributed by atoms with Crippen LogP contribution < -0.4 is 9.62 Å². The lowest BCUT2D eigenvalue weighted by Crippen LogP contribution is -2.47. The van der Waals surface area contributed by atoms with Crippen LogP contribution in [-0.2, 0) is 14.8 Å². The van der Waals surface area contributed by atoms with E-state index in [1.54, 1.807) is 62.4 Å². The van der Waals surface area contributed by atoms with Gasteiger partial charge in [0.2, 0.25) is 15.9 Å². The van der Waals surface area contributed by atoms with Gasteiger partial charge in [-0.25, -0.2) is 8.42 Å². The van der Waals surface area contributed by atoms with E-state index in [1.165, 1.54) is 0 Å². The third-order valence-electron chi connectivity index (χ3n) is 3.87. The standard InChI is InChI=1S/C18H21ClN2O3S/c1-4-17(18(22)20-16-12-8-11-15(19)13(16)2)21(25(3,23)24)14-9-6-5-7-10-14/h5-12,17H,4H2,1-3H3,(H,20,22). The van der Waals surface area contributed by atoms with Gasteiger partial charge in [0.1, 0.15) is 6.04 Å². The highest BCUT2D eigenvalue weighted by molar-refractivity contribution is 7.92. The number of nitrogens with one attached hydrogen (secondary N) is 1. The molecule has 0 bridgehead atoms. The monoisotopic (exact) mass is 380 g/mol. The first-order valence-electron chi connectivity index (χ1n) is 7.86. The Morgan fingerprint density at radius 2 is 1.80 bits per heavy atom. The summed E-state index contributed by atoms with van der Waals surface area (Å²) in [7, 11) is -3.64. The fourth-order valence-corrected chi connectivity index (χ4v) is 3.98. The number of carbonyl (C=O) groups is 1. The smallest absolute Gasteiger partial charge is 0.248 e. The van der Waals surface area contributed by atoms with Crippen molar-refractivity contribution < 1.29 is 13.2 Å². The van der Waals surface area contributed by atoms with Crippen LogP contribution in [0, 0.1) is 6.92 Å². The fraction of sp³-hybridized carbons (Fsp3) is 0.278. The van der Waals surface area contributed by atoms with Crippen molar-refractivity contribution in [2.45, 2.75) is 26.3 Å². The number of hydrogen-bond donors (Lipinski definition) is 1. The molecular weight excluding hydrogens is 360 g/mol. The number of rotatable bonds is 6. The second kappa shape index (κ2) is 7.89. The van der Waals surface area contributed by atoms with E-state index in [0.717, 1.165) is 16.1 Å². The van der Waals surface area contributed by atoms with Gasteiger partial charge in [0.05, 0.1) is 11.9 Å². The minimum absolute atomic E-state index is 0.327. The van der Waals surface area contributed by atoms with Crippen LogP contribution in [0.3, 0.4) is 0 Å². The quantitative estimate of drug-likeness (QED) is 0.828. The summed E-state index contributed by atoms with van der Waals surface area (Å²) in [4.78, 5) is 12.8. The van der Waals surface area contributed by atoms with Gasteiger partial charge in [-0.1, -0.05) is 42.8 Å². The highest BCUT2D eigenvalue weighted by Crippen LogP contribution is 2.26. The first-order valence-corrected chi connectivity index (χ1v) is 10.1. The first-order chi connectivity index (χ1) is 11.8. The van der Waals surface area contributed by atoms with E-state index in [9.17, 15) is 13.2 Å². The van der Waals surface area contributed by atoms with Gasteiger partial charge < -0.3 is 5.32 Å². The number of carbonyl (C=O) groups excluding carboxylic acids is 1. The normalized spacial score (nSPS) is 12.5. The van der Waals surface area contributed by atoms with Crippen molar-refractivity contribution in [2.24, 2.45) is 0 Å². The van der Waals surface area contributed by atoms with Crippen molar-refractivity contribution >= 4 is 38.9 Å². The molecule has 0 aliphatic carbocycles. The number of hydrogen-bond acceptors (Lipinski definition) is 3. The molecule has 1 unspecified atom stereocenters. The molecule has 7 heteroatoms. The Bertz CT molecular complexity index is 854. The molecule has 5 nitrogen and oxygen atoms in total. The Morgan fingerprint density at radius 1 is 1.16 bits per heavy atom. The zero-order chi connectivity index (χ0) is 18.6. The SMILES string of the molecule is CCC(C(=O)Nc1cccc(Cl)c1C)N(c1ccccc1)S(C)(=O)=O. The van der Waals surface area contributed by atoms with Crippen LogP contribution in [0.4, 0.5) is 11.4 Å². The number of nitrogens with zero attached hydrogens (tertiary/aromatic N) is 1. The molecule has 1 amide bonds. The summed E-state index contributed by atoms with van der Waals surface area (Å²) in [6.07, 6.45) is 1.42. The van der Waals surface area contributed by atoms with Gasteiger partial charge in [0, 0.05) is 10.7 Å². The first kappa shape index (κ1) is 19.3. The highest BCUT2D eigenvalue weighted by atomic mass is 35.5. The Hall–Kier alpha value is -2.05. The highest BCUT2D eigenvalue weighted by Gasteiger charge is 2.31. The lowest BCUT2D eigenvalue weighted by Gasteiger charge is -2.30. The lowest BCUT2D eigenvalue weighted by atomic mass is 10.1. The predicted molar refractivity (Wildman–Crippen MR) is 103 cm³/mol. The van der Waals surface area contributed by atoms with Crippen LogP contribution >= 0.6 is 11.6 Å². The predicted octanol–water partition coefficient (Wildman–Crippen LogP) is 3.83. The van der Waals surface area contributed by atoms with Gasteiger partial charge in [0.15, 0.2) is 0 Å². The lowest BCUT2D eigenvalue weighted by molar-refractivity contribution is -0.117. The summed E-state index contributed by atoms with van der Waals surface area (Å²) in [5.74, 6) is -0.401. The average molecular weight is 381 g/mol. The van der Waals surface area contributed by atoms with Crippen molar-refractivity contribution in [3.63, 3.8) is 0 Å². The zero-order valence-corrected chi connectivity index (χ0v) is 15.9. The maximum absolute atomic E-state index is 12.8. The molecule has 0 saturated carbocycles. The van der Waals surface area contributed by atoms with Crippen molar-refractivity contribution in [1.29, 1.82) is 0 Å². The van der Waals surface area contributed by atoms with Crippen LogP contribution in [0.2, 0.25) is 5.02 Å². The van der Waals surface area contributed by atoms with Gasteiger partial charge in [-0.2, -0.15) is 0 Å². The van der Waals surface area contributed by atoms with Gasteiger partial charge in [0.25, 0.3) is 0 Å². The molecule has 134 valence electrons. The molecule has 0 spiro atoms.